The second-order valence-corrected chi connectivity index (χ2v) is 2.61. The minimum atomic E-state index is -0.750. The number of hydrogen-bond acceptors (Lipinski definition) is 4. The summed E-state index contributed by atoms with van der Waals surface area (Å²) in [5.41, 5.74) is 0.220. The van der Waals surface area contributed by atoms with Gasteiger partial charge >= 0.3 is 11.8 Å². The van der Waals surface area contributed by atoms with Gasteiger partial charge in [-0.05, 0) is 12.1 Å². The van der Waals surface area contributed by atoms with Crippen molar-refractivity contribution in [1.29, 1.82) is 0 Å². The molecule has 0 aromatic carbocycles. The minimum absolute atomic E-state index is 0.268. The van der Waals surface area contributed by atoms with Crippen molar-refractivity contribution in [1.82, 2.24) is 14.5 Å². The van der Waals surface area contributed by atoms with Crippen LogP contribution in [0.2, 0.25) is 0 Å². The zero-order valence-electron chi connectivity index (χ0n) is 7.35. The van der Waals surface area contributed by atoms with Crippen LogP contribution >= 0.6 is 0 Å². The highest BCUT2D eigenvalue weighted by Gasteiger charge is 2.13. The molecule has 14 heavy (non-hydrogen) atoms. The first-order valence-corrected chi connectivity index (χ1v) is 3.88. The summed E-state index contributed by atoms with van der Waals surface area (Å²) in [6.45, 7) is 0. The molecule has 0 saturated heterocycles. The highest BCUT2D eigenvalue weighted by atomic mass is 16.5. The van der Waals surface area contributed by atoms with Crippen LogP contribution in [-0.2, 0) is 4.74 Å². The molecule has 0 saturated carbocycles. The second kappa shape index (κ2) is 2.99. The summed E-state index contributed by atoms with van der Waals surface area (Å²) < 4.78 is 5.29. The number of aromatic nitrogens is 3. The number of rotatable bonds is 0. The van der Waals surface area contributed by atoms with E-state index < -0.39 is 11.8 Å². The van der Waals surface area contributed by atoms with Crippen molar-refractivity contribution in [3.05, 3.63) is 28.8 Å². The van der Waals surface area contributed by atoms with E-state index in [1.165, 1.54) is 13.3 Å². The first-order chi connectivity index (χ1) is 6.74. The fourth-order valence-corrected chi connectivity index (χ4v) is 1.20. The Balaban J connectivity index is 2.81. The molecule has 0 fully saturated rings. The summed E-state index contributed by atoms with van der Waals surface area (Å²) in [5, 5.41) is 0. The molecule has 0 bridgehead atoms. The lowest BCUT2D eigenvalue weighted by Crippen LogP contribution is -2.24. The number of H-pyrrole nitrogens is 1. The second-order valence-electron chi connectivity index (χ2n) is 2.61. The Morgan fingerprint density at radius 2 is 2.43 bits per heavy atom. The smallest absolute Gasteiger partial charge is 0.423 e. The van der Waals surface area contributed by atoms with Crippen LogP contribution < -0.4 is 5.69 Å². The van der Waals surface area contributed by atoms with E-state index in [1.807, 2.05) is 0 Å². The average molecular weight is 193 g/mol. The van der Waals surface area contributed by atoms with E-state index >= 15 is 0 Å². The number of aromatic amines is 1. The van der Waals surface area contributed by atoms with Gasteiger partial charge in [-0.1, -0.05) is 0 Å². The highest BCUT2D eigenvalue weighted by Crippen LogP contribution is 2.04. The van der Waals surface area contributed by atoms with Crippen molar-refractivity contribution < 1.29 is 9.53 Å². The van der Waals surface area contributed by atoms with E-state index in [9.17, 15) is 9.59 Å². The molecule has 0 aliphatic carbocycles. The van der Waals surface area contributed by atoms with Crippen LogP contribution in [0, 0.1) is 0 Å². The van der Waals surface area contributed by atoms with Crippen molar-refractivity contribution in [3.63, 3.8) is 0 Å². The molecule has 72 valence electrons. The number of fused-ring (bicyclic) bond motifs is 1. The van der Waals surface area contributed by atoms with Crippen molar-refractivity contribution in [2.45, 2.75) is 0 Å². The van der Waals surface area contributed by atoms with Crippen molar-refractivity contribution in [2.24, 2.45) is 0 Å². The molecule has 2 aromatic heterocycles. The van der Waals surface area contributed by atoms with Crippen LogP contribution in [0.1, 0.15) is 0 Å². The van der Waals surface area contributed by atoms with Gasteiger partial charge in [-0.15, -0.1) is 0 Å². The lowest BCUT2D eigenvalue weighted by molar-refractivity contribution is 0.173. The number of nitrogens with zero attached hydrogens (tertiary/aromatic N) is 2. The molecule has 6 heteroatoms. The molecule has 0 aliphatic heterocycles. The topological polar surface area (TPSA) is 77.0 Å². The Bertz CT molecular complexity index is 540. The van der Waals surface area contributed by atoms with E-state index in [4.69, 9.17) is 0 Å². The van der Waals surface area contributed by atoms with Gasteiger partial charge in [-0.2, -0.15) is 4.57 Å². The average Bonchev–Trinajstić information content (AvgIpc) is 2.53. The molecular weight excluding hydrogens is 186 g/mol. The van der Waals surface area contributed by atoms with Gasteiger partial charge in [-0.25, -0.2) is 14.6 Å². The number of carbonyl (C=O) groups is 1. The van der Waals surface area contributed by atoms with Gasteiger partial charge in [0.2, 0.25) is 0 Å². The zero-order valence-corrected chi connectivity index (χ0v) is 7.35. The van der Waals surface area contributed by atoms with Gasteiger partial charge in [-0.3, -0.25) is 0 Å². The van der Waals surface area contributed by atoms with Gasteiger partial charge in [0.25, 0.3) is 0 Å². The molecule has 0 aliphatic rings. The lowest BCUT2D eigenvalue weighted by Gasteiger charge is -1.97. The van der Waals surface area contributed by atoms with Gasteiger partial charge in [0.15, 0.2) is 5.65 Å². The minimum Gasteiger partial charge on any atom is -0.452 e. The largest absolute Gasteiger partial charge is 0.452 e. The van der Waals surface area contributed by atoms with E-state index in [0.29, 0.717) is 5.52 Å². The fraction of sp³-hybridized carbons (Fsp3) is 0.125. The molecule has 0 spiro atoms. The number of pyridine rings is 1. The van der Waals surface area contributed by atoms with E-state index in [1.54, 1.807) is 12.1 Å². The van der Waals surface area contributed by atoms with Gasteiger partial charge < -0.3 is 9.72 Å². The molecule has 2 heterocycles. The fourth-order valence-electron chi connectivity index (χ4n) is 1.20. The molecule has 2 rings (SSSR count). The predicted octanol–water partition coefficient (Wildman–Crippen LogP) is 0.339. The third-order valence-corrected chi connectivity index (χ3v) is 1.80. The van der Waals surface area contributed by atoms with Gasteiger partial charge in [0.05, 0.1) is 12.6 Å². The Morgan fingerprint density at radius 3 is 3.14 bits per heavy atom. The number of imidazole rings is 1. The number of nitrogens with one attached hydrogen (secondary N) is 1. The quantitative estimate of drug-likeness (QED) is 0.654. The van der Waals surface area contributed by atoms with Crippen LogP contribution in [0.25, 0.3) is 11.2 Å². The maximum absolute atomic E-state index is 11.3. The Hall–Kier alpha value is -2.11. The first kappa shape index (κ1) is 8.49. The normalized spacial score (nSPS) is 10.4. The summed E-state index contributed by atoms with van der Waals surface area (Å²) in [6.07, 6.45) is 0.745. The van der Waals surface area contributed by atoms with Crippen LogP contribution in [0.4, 0.5) is 4.79 Å². The van der Waals surface area contributed by atoms with E-state index in [0.717, 1.165) is 4.57 Å². The molecule has 0 atom stereocenters. The van der Waals surface area contributed by atoms with Crippen LogP contribution in [0.15, 0.2) is 23.1 Å². The van der Waals surface area contributed by atoms with Gasteiger partial charge in [0.1, 0.15) is 0 Å². The summed E-state index contributed by atoms with van der Waals surface area (Å²) >= 11 is 0. The maximum Gasteiger partial charge on any atom is 0.423 e. The van der Waals surface area contributed by atoms with Crippen LogP contribution in [-0.4, -0.2) is 27.7 Å². The van der Waals surface area contributed by atoms with Crippen LogP contribution in [0.5, 0.6) is 0 Å². The maximum atomic E-state index is 11.3. The third-order valence-electron chi connectivity index (χ3n) is 1.80. The summed E-state index contributed by atoms with van der Waals surface area (Å²) in [5.74, 6) is 0. The monoisotopic (exact) mass is 193 g/mol. The summed E-state index contributed by atoms with van der Waals surface area (Å²) in [4.78, 5) is 28.9. The molecular formula is C8H7N3O3. The lowest BCUT2D eigenvalue weighted by atomic mass is 10.4. The first-order valence-electron chi connectivity index (χ1n) is 3.88. The molecule has 1 N–H and O–H groups in total. The number of carbonyl (C=O) groups excluding carboxylic acids is 1. The molecule has 0 amide bonds. The predicted molar refractivity (Wildman–Crippen MR) is 48.2 cm³/mol. The Labute approximate surface area is 78.1 Å². The standard InChI is InChI=1S/C8H7N3O3/c1-14-8(13)11-6-5(10-7(11)12)3-2-4-9-6/h2-4H,1H3,(H,10,12). The third kappa shape index (κ3) is 1.08. The van der Waals surface area contributed by atoms with E-state index in [-0.39, 0.29) is 5.65 Å². The Morgan fingerprint density at radius 1 is 1.64 bits per heavy atom. The van der Waals surface area contributed by atoms with Crippen molar-refractivity contribution >= 4 is 17.3 Å². The molecule has 0 radical (unpaired) electrons. The number of methoxy groups -OCH3 is 1. The van der Waals surface area contributed by atoms with E-state index in [2.05, 4.69) is 14.7 Å². The highest BCUT2D eigenvalue weighted by molar-refractivity contribution is 5.83. The van der Waals surface area contributed by atoms with Gasteiger partial charge in [0, 0.05) is 6.20 Å². The van der Waals surface area contributed by atoms with Crippen LogP contribution in [0.3, 0.4) is 0 Å². The number of ether oxygens (including phenoxy) is 1. The summed E-state index contributed by atoms with van der Waals surface area (Å²) in [6, 6.07) is 3.32. The Kier molecular flexibility index (Phi) is 1.81. The zero-order chi connectivity index (χ0) is 10.1. The van der Waals surface area contributed by atoms with Crippen molar-refractivity contribution in [3.8, 4) is 0 Å². The molecule has 6 nitrogen and oxygen atoms in total. The molecule has 0 unspecified atom stereocenters. The summed E-state index contributed by atoms with van der Waals surface area (Å²) in [7, 11) is 1.20. The SMILES string of the molecule is COC(=O)n1c(=O)[nH]c2cccnc21. The molecule has 2 aromatic rings. The number of hydrogen-bond donors (Lipinski definition) is 1. The van der Waals surface area contributed by atoms with Crippen molar-refractivity contribution in [2.75, 3.05) is 7.11 Å².